The lowest BCUT2D eigenvalue weighted by atomic mass is 10.1. The maximum atomic E-state index is 11.9. The highest BCUT2D eigenvalue weighted by atomic mass is 79.9. The van der Waals surface area contributed by atoms with Gasteiger partial charge in [0.25, 0.3) is 0 Å². The molecule has 0 saturated heterocycles. The molecule has 1 aliphatic rings. The number of hydrogen-bond donors (Lipinski definition) is 2. The van der Waals surface area contributed by atoms with Crippen molar-refractivity contribution in [2.45, 2.75) is 15.8 Å². The molecule has 1 aliphatic heterocycles. The molecule has 0 fully saturated rings. The van der Waals surface area contributed by atoms with Gasteiger partial charge in [0.15, 0.2) is 0 Å². The standard InChI is InChI=1S/C15H12BrClN2OS/c1-18-14-8-6-10(17)13(7-11(8)19-15(14)20)21-12-5-3-2-4-9(12)16/h2-7,14,18H,1H3,(H,19,20). The predicted molar refractivity (Wildman–Crippen MR) is 90.1 cm³/mol. The molecule has 2 aromatic rings. The van der Waals surface area contributed by atoms with Crippen LogP contribution >= 0.6 is 39.3 Å². The van der Waals surface area contributed by atoms with Gasteiger partial charge in [-0.15, -0.1) is 0 Å². The lowest BCUT2D eigenvalue weighted by molar-refractivity contribution is -0.117. The number of carbonyl (C=O) groups is 1. The Morgan fingerprint density at radius 2 is 2.05 bits per heavy atom. The van der Waals surface area contributed by atoms with Crippen LogP contribution in [0.25, 0.3) is 0 Å². The average molecular weight is 384 g/mol. The second-order valence-electron chi connectivity index (χ2n) is 4.61. The van der Waals surface area contributed by atoms with Crippen LogP contribution in [0.2, 0.25) is 5.02 Å². The molecule has 1 atom stereocenters. The molecule has 6 heteroatoms. The fraction of sp³-hybridized carbons (Fsp3) is 0.133. The fourth-order valence-corrected chi connectivity index (χ4v) is 3.97. The van der Waals surface area contributed by atoms with Gasteiger partial charge >= 0.3 is 0 Å². The molecule has 1 amide bonds. The number of fused-ring (bicyclic) bond motifs is 1. The molecular weight excluding hydrogens is 372 g/mol. The number of anilines is 1. The van der Waals surface area contributed by atoms with E-state index < -0.39 is 0 Å². The molecule has 0 radical (unpaired) electrons. The highest BCUT2D eigenvalue weighted by Crippen LogP contribution is 2.42. The highest BCUT2D eigenvalue weighted by Gasteiger charge is 2.30. The van der Waals surface area contributed by atoms with Gasteiger partial charge in [0.1, 0.15) is 6.04 Å². The van der Waals surface area contributed by atoms with E-state index in [2.05, 4.69) is 26.6 Å². The van der Waals surface area contributed by atoms with Crippen molar-refractivity contribution < 1.29 is 4.79 Å². The van der Waals surface area contributed by atoms with Gasteiger partial charge < -0.3 is 10.6 Å². The summed E-state index contributed by atoms with van der Waals surface area (Å²) in [7, 11) is 1.76. The topological polar surface area (TPSA) is 41.1 Å². The van der Waals surface area contributed by atoms with Crippen LogP contribution in [0.3, 0.4) is 0 Å². The summed E-state index contributed by atoms with van der Waals surface area (Å²) in [6.07, 6.45) is 0. The van der Waals surface area contributed by atoms with E-state index in [1.165, 1.54) is 0 Å². The van der Waals surface area contributed by atoms with Crippen molar-refractivity contribution in [3.8, 4) is 0 Å². The molecule has 3 nitrogen and oxygen atoms in total. The van der Waals surface area contributed by atoms with Gasteiger partial charge in [0.05, 0.1) is 5.02 Å². The highest BCUT2D eigenvalue weighted by molar-refractivity contribution is 9.10. The van der Waals surface area contributed by atoms with Gasteiger partial charge in [-0.05, 0) is 47.2 Å². The number of halogens is 2. The van der Waals surface area contributed by atoms with Crippen molar-refractivity contribution in [1.82, 2.24) is 5.32 Å². The Hall–Kier alpha value is -1.01. The molecular formula is C15H12BrClN2OS. The van der Waals surface area contributed by atoms with Gasteiger partial charge in [0.2, 0.25) is 5.91 Å². The minimum absolute atomic E-state index is 0.0494. The first-order valence-electron chi connectivity index (χ1n) is 6.34. The Kier molecular flexibility index (Phi) is 4.26. The third-order valence-electron chi connectivity index (χ3n) is 3.28. The van der Waals surface area contributed by atoms with Crippen LogP contribution in [0, 0.1) is 0 Å². The fourth-order valence-electron chi connectivity index (χ4n) is 2.27. The van der Waals surface area contributed by atoms with Gasteiger partial charge in [-0.2, -0.15) is 0 Å². The third-order valence-corrected chi connectivity index (χ3v) is 5.79. The Morgan fingerprint density at radius 3 is 2.76 bits per heavy atom. The number of likely N-dealkylation sites (N-methyl/N-ethyl adjacent to an activating group) is 1. The summed E-state index contributed by atoms with van der Waals surface area (Å²) in [5, 5.41) is 6.52. The molecule has 0 saturated carbocycles. The molecule has 0 aliphatic carbocycles. The normalized spacial score (nSPS) is 16.7. The minimum Gasteiger partial charge on any atom is -0.324 e. The van der Waals surface area contributed by atoms with E-state index in [0.717, 1.165) is 25.5 Å². The first-order chi connectivity index (χ1) is 10.1. The van der Waals surface area contributed by atoms with E-state index in [-0.39, 0.29) is 11.9 Å². The Bertz CT molecular complexity index is 723. The molecule has 0 spiro atoms. The van der Waals surface area contributed by atoms with Crippen LogP contribution in [0.5, 0.6) is 0 Å². The molecule has 0 bridgehead atoms. The van der Waals surface area contributed by atoms with E-state index in [9.17, 15) is 4.79 Å². The van der Waals surface area contributed by atoms with Crippen molar-refractivity contribution in [1.29, 1.82) is 0 Å². The van der Waals surface area contributed by atoms with E-state index in [0.29, 0.717) is 5.02 Å². The SMILES string of the molecule is CNC1C(=O)Nc2cc(Sc3ccccc3Br)c(Cl)cc21. The van der Waals surface area contributed by atoms with Crippen molar-refractivity contribution in [2.75, 3.05) is 12.4 Å². The maximum Gasteiger partial charge on any atom is 0.246 e. The summed E-state index contributed by atoms with van der Waals surface area (Å²) in [5.41, 5.74) is 1.71. The number of carbonyl (C=O) groups excluding carboxylic acids is 1. The average Bonchev–Trinajstić information content (AvgIpc) is 2.76. The van der Waals surface area contributed by atoms with Crippen molar-refractivity contribution in [2.24, 2.45) is 0 Å². The molecule has 1 heterocycles. The Labute approximate surface area is 140 Å². The molecule has 108 valence electrons. The lowest BCUT2D eigenvalue weighted by Gasteiger charge is -2.10. The van der Waals surface area contributed by atoms with Crippen LogP contribution in [-0.4, -0.2) is 13.0 Å². The zero-order valence-corrected chi connectivity index (χ0v) is 14.3. The van der Waals surface area contributed by atoms with E-state index in [1.807, 2.05) is 36.4 Å². The molecule has 21 heavy (non-hydrogen) atoms. The van der Waals surface area contributed by atoms with Crippen LogP contribution in [0.15, 0.2) is 50.7 Å². The quantitative estimate of drug-likeness (QED) is 0.822. The number of hydrogen-bond acceptors (Lipinski definition) is 3. The molecule has 1 unspecified atom stereocenters. The van der Waals surface area contributed by atoms with E-state index in [4.69, 9.17) is 11.6 Å². The predicted octanol–water partition coefficient (Wildman–Crippen LogP) is 4.47. The lowest BCUT2D eigenvalue weighted by Crippen LogP contribution is -2.23. The monoisotopic (exact) mass is 382 g/mol. The zero-order valence-electron chi connectivity index (χ0n) is 11.1. The van der Waals surface area contributed by atoms with Crippen molar-refractivity contribution in [3.63, 3.8) is 0 Å². The van der Waals surface area contributed by atoms with Crippen molar-refractivity contribution >= 4 is 50.9 Å². The van der Waals surface area contributed by atoms with Gasteiger partial charge in [0, 0.05) is 25.5 Å². The summed E-state index contributed by atoms with van der Waals surface area (Å²) in [5.74, 6) is -0.0494. The summed E-state index contributed by atoms with van der Waals surface area (Å²) in [6.45, 7) is 0. The number of rotatable bonds is 3. The Balaban J connectivity index is 1.98. The second kappa shape index (κ2) is 6.01. The molecule has 2 aromatic carbocycles. The van der Waals surface area contributed by atoms with Crippen molar-refractivity contribution in [3.05, 3.63) is 51.5 Å². The zero-order chi connectivity index (χ0) is 15.0. The summed E-state index contributed by atoms with van der Waals surface area (Å²) >= 11 is 11.5. The second-order valence-corrected chi connectivity index (χ2v) is 6.96. The smallest absolute Gasteiger partial charge is 0.246 e. The van der Waals surface area contributed by atoms with E-state index in [1.54, 1.807) is 18.8 Å². The molecule has 2 N–H and O–H groups in total. The first kappa shape index (κ1) is 14.9. The summed E-state index contributed by atoms with van der Waals surface area (Å²) in [6, 6.07) is 11.4. The van der Waals surface area contributed by atoms with Crippen LogP contribution in [0.4, 0.5) is 5.69 Å². The van der Waals surface area contributed by atoms with Gasteiger partial charge in [-0.3, -0.25) is 4.79 Å². The first-order valence-corrected chi connectivity index (χ1v) is 8.33. The molecule has 0 aromatic heterocycles. The largest absolute Gasteiger partial charge is 0.324 e. The number of amides is 1. The maximum absolute atomic E-state index is 11.9. The van der Waals surface area contributed by atoms with Crippen LogP contribution in [0.1, 0.15) is 11.6 Å². The number of benzene rings is 2. The van der Waals surface area contributed by atoms with Crippen LogP contribution in [-0.2, 0) is 4.79 Å². The minimum atomic E-state index is -0.333. The van der Waals surface area contributed by atoms with E-state index >= 15 is 0 Å². The van der Waals surface area contributed by atoms with Gasteiger partial charge in [-0.1, -0.05) is 35.5 Å². The summed E-state index contributed by atoms with van der Waals surface area (Å²) in [4.78, 5) is 13.9. The van der Waals surface area contributed by atoms with Crippen LogP contribution < -0.4 is 10.6 Å². The Morgan fingerprint density at radius 1 is 1.29 bits per heavy atom. The van der Waals surface area contributed by atoms with Gasteiger partial charge in [-0.25, -0.2) is 0 Å². The third kappa shape index (κ3) is 2.83. The molecule has 3 rings (SSSR count). The number of nitrogens with one attached hydrogen (secondary N) is 2. The summed E-state index contributed by atoms with van der Waals surface area (Å²) < 4.78 is 1.02.